The van der Waals surface area contributed by atoms with E-state index in [1.54, 1.807) is 0 Å². The fourth-order valence-electron chi connectivity index (χ4n) is 9.72. The van der Waals surface area contributed by atoms with Crippen molar-refractivity contribution in [2.24, 2.45) is 0 Å². The average Bonchev–Trinajstić information content (AvgIpc) is 3.74. The van der Waals surface area contributed by atoms with Crippen LogP contribution in [-0.2, 0) is 0 Å². The summed E-state index contributed by atoms with van der Waals surface area (Å²) in [5.74, 6) is 0.679. The fraction of sp³-hybridized carbons (Fsp3) is 0. The summed E-state index contributed by atoms with van der Waals surface area (Å²) in [4.78, 5) is 10.6. The van der Waals surface area contributed by atoms with Gasteiger partial charge in [-0.15, -0.1) is 0 Å². The normalized spacial score (nSPS) is 11.4. The zero-order valence-corrected chi connectivity index (χ0v) is 35.5. The van der Waals surface area contributed by atoms with E-state index in [1.807, 2.05) is 0 Å². The Labute approximate surface area is 378 Å². The maximum Gasteiger partial charge on any atom is 0.160 e. The first-order valence-electron chi connectivity index (χ1n) is 22.2. The highest BCUT2D eigenvalue weighted by molar-refractivity contribution is 6.26. The second kappa shape index (κ2) is 16.2. The maximum absolute atomic E-state index is 5.39. The van der Waals surface area contributed by atoms with Crippen LogP contribution in [0.15, 0.2) is 249 Å². The smallest absolute Gasteiger partial charge is 0.160 e. The van der Waals surface area contributed by atoms with Crippen molar-refractivity contribution >= 4 is 32.7 Å². The third-order valence-corrected chi connectivity index (χ3v) is 12.6. The van der Waals surface area contributed by atoms with Crippen LogP contribution in [0.2, 0.25) is 0 Å². The predicted molar refractivity (Wildman–Crippen MR) is 272 cm³/mol. The summed E-state index contributed by atoms with van der Waals surface area (Å²) in [5, 5.41) is 3.41. The summed E-state index contributed by atoms with van der Waals surface area (Å²) in [6, 6.07) is 88.9. The fourth-order valence-corrected chi connectivity index (χ4v) is 9.72. The second-order valence-electron chi connectivity index (χ2n) is 16.4. The average molecular weight is 828 g/mol. The number of hydrogen-bond donors (Lipinski definition) is 0. The summed E-state index contributed by atoms with van der Waals surface area (Å²) in [6.45, 7) is 0. The van der Waals surface area contributed by atoms with Gasteiger partial charge in [-0.25, -0.2) is 9.97 Å². The van der Waals surface area contributed by atoms with Gasteiger partial charge >= 0.3 is 0 Å². The molecule has 12 rings (SSSR count). The molecule has 0 saturated heterocycles. The molecule has 10 aromatic carbocycles. The lowest BCUT2D eigenvalue weighted by atomic mass is 9.80. The van der Waals surface area contributed by atoms with Crippen molar-refractivity contribution in [3.63, 3.8) is 0 Å². The molecule has 0 aliphatic carbocycles. The molecule has 0 N–H and O–H groups in total. The van der Waals surface area contributed by atoms with E-state index < -0.39 is 0 Å². The van der Waals surface area contributed by atoms with Crippen molar-refractivity contribution in [2.75, 3.05) is 0 Å². The topological polar surface area (TPSA) is 30.7 Å². The standard InChI is InChI=1S/C62H41N3/c1-6-21-42(22-7-1)43-37-39-48(40-38-43)60-51-33-16-18-35-53(51)63-62(64-60)49-31-20-32-50(41-49)65-54-36-19-17-34-52(54)59-57(46-27-12-4-13-28-46)55(44-23-8-2-9-24-44)56(45-25-10-3-11-26-45)58(61(59)65)47-29-14-5-15-30-47/h1-41H. The molecule has 2 aromatic heterocycles. The van der Waals surface area contributed by atoms with Gasteiger partial charge in [-0.3, -0.25) is 0 Å². The molecule has 0 aliphatic heterocycles. The lowest BCUT2D eigenvalue weighted by Crippen LogP contribution is -2.01. The lowest BCUT2D eigenvalue weighted by Gasteiger charge is -2.24. The van der Waals surface area contributed by atoms with E-state index in [-0.39, 0.29) is 0 Å². The van der Waals surface area contributed by atoms with Crippen molar-refractivity contribution in [1.29, 1.82) is 0 Å². The van der Waals surface area contributed by atoms with Crippen LogP contribution >= 0.6 is 0 Å². The van der Waals surface area contributed by atoms with Gasteiger partial charge < -0.3 is 4.57 Å². The number of nitrogens with zero attached hydrogens (tertiary/aromatic N) is 3. The van der Waals surface area contributed by atoms with Gasteiger partial charge in [-0.2, -0.15) is 0 Å². The van der Waals surface area contributed by atoms with Gasteiger partial charge in [0.1, 0.15) is 0 Å². The molecule has 0 radical (unpaired) electrons. The number of para-hydroxylation sites is 2. The van der Waals surface area contributed by atoms with Crippen LogP contribution in [0.3, 0.4) is 0 Å². The summed E-state index contributed by atoms with van der Waals surface area (Å²) in [5.41, 5.74) is 18.9. The second-order valence-corrected chi connectivity index (χ2v) is 16.4. The van der Waals surface area contributed by atoms with Crippen molar-refractivity contribution in [1.82, 2.24) is 14.5 Å². The third kappa shape index (κ3) is 6.70. The minimum atomic E-state index is 0.679. The molecule has 3 heteroatoms. The van der Waals surface area contributed by atoms with Gasteiger partial charge in [0, 0.05) is 49.7 Å². The van der Waals surface area contributed by atoms with E-state index in [2.05, 4.69) is 253 Å². The molecule has 65 heavy (non-hydrogen) atoms. The van der Waals surface area contributed by atoms with E-state index in [0.717, 1.165) is 55.6 Å². The van der Waals surface area contributed by atoms with Gasteiger partial charge in [0.15, 0.2) is 5.82 Å². The zero-order valence-electron chi connectivity index (χ0n) is 35.5. The molecular formula is C62H41N3. The lowest BCUT2D eigenvalue weighted by molar-refractivity contribution is 1.17. The molecule has 0 bridgehead atoms. The summed E-state index contributed by atoms with van der Waals surface area (Å²) in [6.07, 6.45) is 0. The van der Waals surface area contributed by atoms with Crippen molar-refractivity contribution in [3.05, 3.63) is 249 Å². The SMILES string of the molecule is c1ccc(-c2ccc(-c3nc(-c4cccc(-n5c6ccccc6c6c(-c7ccccc7)c(-c7ccccc7)c(-c7ccccc7)c(-c7ccccc7)c65)c4)nc4ccccc34)cc2)cc1. The van der Waals surface area contributed by atoms with Crippen molar-refractivity contribution in [2.45, 2.75) is 0 Å². The number of rotatable bonds is 8. The van der Waals surface area contributed by atoms with Crippen LogP contribution in [0.1, 0.15) is 0 Å². The van der Waals surface area contributed by atoms with Gasteiger partial charge in [-0.05, 0) is 63.2 Å². The molecule has 0 saturated carbocycles. The molecule has 0 atom stereocenters. The Morgan fingerprint density at radius 1 is 0.292 bits per heavy atom. The van der Waals surface area contributed by atoms with E-state index in [4.69, 9.17) is 9.97 Å². The number of aromatic nitrogens is 3. The van der Waals surface area contributed by atoms with E-state index in [9.17, 15) is 0 Å². The monoisotopic (exact) mass is 827 g/mol. The van der Waals surface area contributed by atoms with Gasteiger partial charge in [-0.1, -0.05) is 224 Å². The summed E-state index contributed by atoms with van der Waals surface area (Å²) >= 11 is 0. The first kappa shape index (κ1) is 38.0. The van der Waals surface area contributed by atoms with Crippen molar-refractivity contribution in [3.8, 4) is 84.0 Å². The molecule has 3 nitrogen and oxygen atoms in total. The molecular weight excluding hydrogens is 787 g/mol. The van der Waals surface area contributed by atoms with E-state index in [0.29, 0.717) is 5.82 Å². The van der Waals surface area contributed by atoms with Crippen LogP contribution in [0.25, 0.3) is 117 Å². The maximum atomic E-state index is 5.39. The molecule has 0 aliphatic rings. The van der Waals surface area contributed by atoms with Gasteiger partial charge in [0.2, 0.25) is 0 Å². The molecule has 0 spiro atoms. The van der Waals surface area contributed by atoms with E-state index >= 15 is 0 Å². The molecule has 2 heterocycles. The molecule has 12 aromatic rings. The molecule has 0 fully saturated rings. The van der Waals surface area contributed by atoms with Crippen LogP contribution in [0, 0.1) is 0 Å². The Morgan fingerprint density at radius 2 is 0.738 bits per heavy atom. The Kier molecular flexibility index (Phi) is 9.50. The number of hydrogen-bond acceptors (Lipinski definition) is 2. The highest BCUT2D eigenvalue weighted by Gasteiger charge is 2.29. The summed E-state index contributed by atoms with van der Waals surface area (Å²) < 4.78 is 2.48. The van der Waals surface area contributed by atoms with E-state index in [1.165, 1.54) is 55.3 Å². The Balaban J connectivity index is 1.16. The third-order valence-electron chi connectivity index (χ3n) is 12.6. The van der Waals surface area contributed by atoms with Gasteiger partial charge in [0.05, 0.1) is 22.2 Å². The Bertz CT molecular complexity index is 3660. The first-order chi connectivity index (χ1) is 32.3. The number of benzene rings is 10. The summed E-state index contributed by atoms with van der Waals surface area (Å²) in [7, 11) is 0. The minimum Gasteiger partial charge on any atom is -0.309 e. The zero-order chi connectivity index (χ0) is 43.1. The minimum absolute atomic E-state index is 0.679. The Hall–Kier alpha value is -8.66. The van der Waals surface area contributed by atoms with Gasteiger partial charge in [0.25, 0.3) is 0 Å². The number of fused-ring (bicyclic) bond motifs is 4. The van der Waals surface area contributed by atoms with Crippen LogP contribution in [0.5, 0.6) is 0 Å². The predicted octanol–water partition coefficient (Wildman–Crippen LogP) is 16.4. The molecule has 0 unspecified atom stereocenters. The first-order valence-corrected chi connectivity index (χ1v) is 22.2. The highest BCUT2D eigenvalue weighted by atomic mass is 15.0. The molecule has 304 valence electrons. The Morgan fingerprint density at radius 3 is 1.35 bits per heavy atom. The van der Waals surface area contributed by atoms with Crippen LogP contribution < -0.4 is 0 Å². The van der Waals surface area contributed by atoms with Crippen molar-refractivity contribution < 1.29 is 0 Å². The van der Waals surface area contributed by atoms with Crippen LogP contribution in [-0.4, -0.2) is 14.5 Å². The molecule has 0 amide bonds. The largest absolute Gasteiger partial charge is 0.309 e. The highest BCUT2D eigenvalue weighted by Crippen LogP contribution is 2.54. The quantitative estimate of drug-likeness (QED) is 0.153. The van der Waals surface area contributed by atoms with Crippen LogP contribution in [0.4, 0.5) is 0 Å².